The lowest BCUT2D eigenvalue weighted by Gasteiger charge is -2.15. The molecule has 0 aliphatic rings. The molecule has 1 aromatic carbocycles. The highest BCUT2D eigenvalue weighted by atomic mass is 19.1. The van der Waals surface area contributed by atoms with Gasteiger partial charge < -0.3 is 9.84 Å². The van der Waals surface area contributed by atoms with Gasteiger partial charge in [0, 0.05) is 11.6 Å². The number of halogens is 1. The summed E-state index contributed by atoms with van der Waals surface area (Å²) in [5.74, 6) is -0.0264. The summed E-state index contributed by atoms with van der Waals surface area (Å²) >= 11 is 0. The Bertz CT molecular complexity index is 464. The molecule has 1 atom stereocenters. The predicted octanol–water partition coefficient (Wildman–Crippen LogP) is 3.59. The average Bonchev–Trinajstić information content (AvgIpc) is 2.34. The van der Waals surface area contributed by atoms with Gasteiger partial charge in [0.25, 0.3) is 0 Å². The Morgan fingerprint density at radius 3 is 2.68 bits per heavy atom. The van der Waals surface area contributed by atoms with Crippen molar-refractivity contribution in [1.29, 1.82) is 5.26 Å². The molecule has 0 spiro atoms. The molecular formula is C15H20FNO2. The zero-order valence-corrected chi connectivity index (χ0v) is 11.6. The van der Waals surface area contributed by atoms with Gasteiger partial charge in [0.05, 0.1) is 24.2 Å². The summed E-state index contributed by atoms with van der Waals surface area (Å²) in [6.45, 7) is 5.72. The molecule has 0 aliphatic carbocycles. The predicted molar refractivity (Wildman–Crippen MR) is 71.2 cm³/mol. The first kappa shape index (κ1) is 15.5. The van der Waals surface area contributed by atoms with Crippen LogP contribution in [0.5, 0.6) is 5.75 Å². The van der Waals surface area contributed by atoms with Crippen molar-refractivity contribution in [3.05, 3.63) is 29.6 Å². The smallest absolute Gasteiger partial charge is 0.132 e. The molecule has 0 aliphatic heterocycles. The molecule has 104 valence electrons. The van der Waals surface area contributed by atoms with Crippen molar-refractivity contribution in [2.45, 2.75) is 39.7 Å². The summed E-state index contributed by atoms with van der Waals surface area (Å²) < 4.78 is 19.0. The summed E-state index contributed by atoms with van der Waals surface area (Å²) in [6, 6.07) is 6.66. The Balaban J connectivity index is 2.47. The standard InChI is InChI=1S/C15H20FNO2/c1-11(18)13-6-5-12(9-14(13)16)19-8-4-7-15(2,3)10-17/h5-6,9,11,18H,4,7-8H2,1-3H3. The fourth-order valence-electron chi connectivity index (χ4n) is 1.70. The number of hydrogen-bond acceptors (Lipinski definition) is 3. The van der Waals surface area contributed by atoms with E-state index in [0.29, 0.717) is 12.4 Å². The van der Waals surface area contributed by atoms with Crippen LogP contribution in [0.3, 0.4) is 0 Å². The van der Waals surface area contributed by atoms with Crippen molar-refractivity contribution in [3.63, 3.8) is 0 Å². The molecule has 1 rings (SSSR count). The molecule has 1 aromatic rings. The molecule has 3 nitrogen and oxygen atoms in total. The fraction of sp³-hybridized carbons (Fsp3) is 0.533. The molecule has 0 heterocycles. The maximum absolute atomic E-state index is 13.6. The van der Waals surface area contributed by atoms with Crippen LogP contribution in [-0.4, -0.2) is 11.7 Å². The highest BCUT2D eigenvalue weighted by Gasteiger charge is 2.15. The van der Waals surface area contributed by atoms with Gasteiger partial charge in [0.15, 0.2) is 0 Å². The second kappa shape index (κ2) is 6.53. The zero-order chi connectivity index (χ0) is 14.5. The minimum absolute atomic E-state index is 0.262. The molecule has 1 N–H and O–H groups in total. The molecule has 4 heteroatoms. The number of rotatable bonds is 6. The van der Waals surface area contributed by atoms with Crippen molar-refractivity contribution in [3.8, 4) is 11.8 Å². The van der Waals surface area contributed by atoms with Crippen molar-refractivity contribution < 1.29 is 14.2 Å². The molecule has 0 bridgehead atoms. The summed E-state index contributed by atoms with van der Waals surface area (Å²) in [7, 11) is 0. The Morgan fingerprint density at radius 2 is 2.16 bits per heavy atom. The minimum Gasteiger partial charge on any atom is -0.493 e. The summed E-state index contributed by atoms with van der Waals surface area (Å²) in [6.07, 6.45) is 0.642. The van der Waals surface area contributed by atoms with E-state index in [1.54, 1.807) is 6.07 Å². The molecule has 0 amide bonds. The second-order valence-corrected chi connectivity index (χ2v) is 5.31. The number of nitriles is 1. The van der Waals surface area contributed by atoms with Crippen LogP contribution in [0.1, 0.15) is 45.3 Å². The maximum atomic E-state index is 13.6. The van der Waals surface area contributed by atoms with E-state index in [2.05, 4.69) is 6.07 Å². The zero-order valence-electron chi connectivity index (χ0n) is 11.6. The minimum atomic E-state index is -0.828. The van der Waals surface area contributed by atoms with Crippen LogP contribution < -0.4 is 4.74 Å². The van der Waals surface area contributed by atoms with Gasteiger partial charge in [-0.15, -0.1) is 0 Å². The normalized spacial score (nSPS) is 12.8. The third-order valence-electron chi connectivity index (χ3n) is 2.94. The monoisotopic (exact) mass is 265 g/mol. The first-order valence-electron chi connectivity index (χ1n) is 6.37. The molecule has 0 saturated carbocycles. The number of ether oxygens (including phenoxy) is 1. The number of nitrogens with zero attached hydrogens (tertiary/aromatic N) is 1. The van der Waals surface area contributed by atoms with Crippen LogP contribution in [0, 0.1) is 22.6 Å². The van der Waals surface area contributed by atoms with Crippen molar-refractivity contribution in [1.82, 2.24) is 0 Å². The van der Waals surface area contributed by atoms with Crippen LogP contribution in [0.15, 0.2) is 18.2 Å². The van der Waals surface area contributed by atoms with Gasteiger partial charge in [-0.3, -0.25) is 0 Å². The van der Waals surface area contributed by atoms with Crippen LogP contribution in [0.2, 0.25) is 0 Å². The van der Waals surface area contributed by atoms with Crippen molar-refractivity contribution >= 4 is 0 Å². The van der Waals surface area contributed by atoms with Gasteiger partial charge in [-0.25, -0.2) is 4.39 Å². The lowest BCUT2D eigenvalue weighted by molar-refractivity contribution is 0.193. The average molecular weight is 265 g/mol. The molecule has 19 heavy (non-hydrogen) atoms. The summed E-state index contributed by atoms with van der Waals surface area (Å²) in [5.41, 5.74) is -0.0944. The van der Waals surface area contributed by atoms with Gasteiger partial charge in [-0.1, -0.05) is 0 Å². The van der Waals surface area contributed by atoms with E-state index in [4.69, 9.17) is 10.00 Å². The molecule has 0 saturated heterocycles. The fourth-order valence-corrected chi connectivity index (χ4v) is 1.70. The molecule has 1 unspecified atom stereocenters. The van der Waals surface area contributed by atoms with E-state index >= 15 is 0 Å². The van der Waals surface area contributed by atoms with Gasteiger partial charge in [-0.2, -0.15) is 5.26 Å². The lowest BCUT2D eigenvalue weighted by Crippen LogP contribution is -2.10. The Kier molecular flexibility index (Phi) is 5.31. The van der Waals surface area contributed by atoms with Crippen LogP contribution in [-0.2, 0) is 0 Å². The van der Waals surface area contributed by atoms with E-state index in [1.807, 2.05) is 13.8 Å². The second-order valence-electron chi connectivity index (χ2n) is 5.31. The van der Waals surface area contributed by atoms with E-state index in [-0.39, 0.29) is 11.0 Å². The van der Waals surface area contributed by atoms with Gasteiger partial charge in [0.2, 0.25) is 0 Å². The third-order valence-corrected chi connectivity index (χ3v) is 2.94. The van der Waals surface area contributed by atoms with Gasteiger partial charge >= 0.3 is 0 Å². The molecular weight excluding hydrogens is 245 g/mol. The number of aliphatic hydroxyl groups is 1. The first-order chi connectivity index (χ1) is 8.85. The number of aliphatic hydroxyl groups excluding tert-OH is 1. The highest BCUT2D eigenvalue weighted by molar-refractivity contribution is 5.29. The van der Waals surface area contributed by atoms with Crippen molar-refractivity contribution in [2.75, 3.05) is 6.61 Å². The van der Waals surface area contributed by atoms with Crippen molar-refractivity contribution in [2.24, 2.45) is 5.41 Å². The maximum Gasteiger partial charge on any atom is 0.132 e. The highest BCUT2D eigenvalue weighted by Crippen LogP contribution is 2.23. The quantitative estimate of drug-likeness (QED) is 0.800. The van der Waals surface area contributed by atoms with Gasteiger partial charge in [0.1, 0.15) is 11.6 Å². The van der Waals surface area contributed by atoms with E-state index < -0.39 is 11.9 Å². The Hall–Kier alpha value is -1.60. The molecule has 0 fully saturated rings. The van der Waals surface area contributed by atoms with Gasteiger partial charge in [-0.05, 0) is 45.7 Å². The third kappa shape index (κ3) is 4.88. The van der Waals surface area contributed by atoms with E-state index in [9.17, 15) is 9.50 Å². The van der Waals surface area contributed by atoms with E-state index in [0.717, 1.165) is 12.8 Å². The first-order valence-corrected chi connectivity index (χ1v) is 6.37. The largest absolute Gasteiger partial charge is 0.493 e. The lowest BCUT2D eigenvalue weighted by atomic mass is 9.90. The topological polar surface area (TPSA) is 53.2 Å². The van der Waals surface area contributed by atoms with Crippen LogP contribution in [0.25, 0.3) is 0 Å². The number of hydrogen-bond donors (Lipinski definition) is 1. The summed E-state index contributed by atoms with van der Waals surface area (Å²) in [5, 5.41) is 18.2. The SMILES string of the molecule is CC(O)c1ccc(OCCCC(C)(C)C#N)cc1F. The Labute approximate surface area is 113 Å². The molecule has 0 radical (unpaired) electrons. The van der Waals surface area contributed by atoms with Crippen LogP contribution >= 0.6 is 0 Å². The van der Waals surface area contributed by atoms with E-state index in [1.165, 1.54) is 19.1 Å². The number of benzene rings is 1. The molecule has 0 aromatic heterocycles. The Morgan fingerprint density at radius 1 is 1.47 bits per heavy atom. The summed E-state index contributed by atoms with van der Waals surface area (Å²) in [4.78, 5) is 0. The van der Waals surface area contributed by atoms with Crippen LogP contribution in [0.4, 0.5) is 4.39 Å².